The summed E-state index contributed by atoms with van der Waals surface area (Å²) in [6, 6.07) is 16.6. The van der Waals surface area contributed by atoms with E-state index in [1.807, 2.05) is 30.3 Å². The van der Waals surface area contributed by atoms with Crippen molar-refractivity contribution in [3.8, 4) is 5.75 Å². The Kier molecular flexibility index (Phi) is 13.1. The average Bonchev–Trinajstić information content (AvgIpc) is 2.86. The van der Waals surface area contributed by atoms with E-state index < -0.39 is 30.9 Å². The molecule has 0 fully saturated rings. The number of carboxylic acids is 1. The Morgan fingerprint density at radius 1 is 1.03 bits per heavy atom. The molecule has 0 aromatic heterocycles. The number of hydrogen-bond donors (Lipinski definition) is 1. The van der Waals surface area contributed by atoms with Crippen LogP contribution in [-0.4, -0.2) is 73.0 Å². The molecule has 0 heterocycles. The number of thioether (sulfide) groups is 1. The lowest BCUT2D eigenvalue weighted by Crippen LogP contribution is -2.37. The van der Waals surface area contributed by atoms with Crippen LogP contribution < -0.4 is 4.74 Å². The molecule has 37 heavy (non-hydrogen) atoms. The van der Waals surface area contributed by atoms with Crippen LogP contribution in [0.25, 0.3) is 0 Å². The van der Waals surface area contributed by atoms with Crippen molar-refractivity contribution in [1.29, 1.82) is 0 Å². The number of hydrogen-bond acceptors (Lipinski definition) is 6. The van der Waals surface area contributed by atoms with Gasteiger partial charge in [-0.1, -0.05) is 42.5 Å². The number of rotatable bonds is 16. The van der Waals surface area contributed by atoms with E-state index in [1.54, 1.807) is 43.0 Å². The number of halogens is 3. The molecule has 0 aliphatic heterocycles. The highest BCUT2D eigenvalue weighted by Crippen LogP contribution is 2.17. The Morgan fingerprint density at radius 3 is 2.35 bits per heavy atom. The average molecular weight is 544 g/mol. The van der Waals surface area contributed by atoms with Crippen LogP contribution >= 0.6 is 11.8 Å². The van der Waals surface area contributed by atoms with E-state index >= 15 is 0 Å². The highest BCUT2D eigenvalue weighted by molar-refractivity contribution is 7.98. The largest absolute Gasteiger partial charge is 0.492 e. The number of aliphatic carboxylic acids is 1. The van der Waals surface area contributed by atoms with Gasteiger partial charge in [-0.15, -0.1) is 0 Å². The summed E-state index contributed by atoms with van der Waals surface area (Å²) in [6.07, 6.45) is -5.81. The molecule has 11 heteroatoms. The molecule has 0 aliphatic carbocycles. The first kappa shape index (κ1) is 30.3. The fourth-order valence-electron chi connectivity index (χ4n) is 3.28. The Hall–Kier alpha value is -2.92. The van der Waals surface area contributed by atoms with Gasteiger partial charge in [0.15, 0.2) is 12.7 Å². The molecule has 2 aromatic rings. The van der Waals surface area contributed by atoms with Gasteiger partial charge in [-0.2, -0.15) is 24.9 Å². The van der Waals surface area contributed by atoms with E-state index in [2.05, 4.69) is 4.74 Å². The Balaban J connectivity index is 1.83. The lowest BCUT2D eigenvalue weighted by Gasteiger charge is -2.22. The highest BCUT2D eigenvalue weighted by atomic mass is 32.2. The molecule has 2 aromatic carbocycles. The van der Waals surface area contributed by atoms with E-state index in [9.17, 15) is 27.9 Å². The molecule has 0 radical (unpaired) electrons. The monoisotopic (exact) mass is 543 g/mol. The van der Waals surface area contributed by atoms with Crippen molar-refractivity contribution in [1.82, 2.24) is 4.90 Å². The SMILES string of the molecule is CCOC(Cc1ccc(OCCN(CCCSCc2ccccc2)C(=O)OCC(F)(F)F)cc1)C(=O)O. The van der Waals surface area contributed by atoms with Crippen molar-refractivity contribution in [3.05, 3.63) is 65.7 Å². The fraction of sp³-hybridized carbons (Fsp3) is 0.462. The lowest BCUT2D eigenvalue weighted by atomic mass is 10.1. The molecule has 2 rings (SSSR count). The molecular weight excluding hydrogens is 511 g/mol. The van der Waals surface area contributed by atoms with Crippen molar-refractivity contribution in [3.63, 3.8) is 0 Å². The second-order valence-corrected chi connectivity index (χ2v) is 9.13. The summed E-state index contributed by atoms with van der Waals surface area (Å²) in [4.78, 5) is 24.7. The minimum absolute atomic E-state index is 0.0488. The first-order chi connectivity index (χ1) is 17.7. The number of carbonyl (C=O) groups is 2. The Bertz CT molecular complexity index is 944. The molecular formula is C26H32F3NO6S. The second-order valence-electron chi connectivity index (χ2n) is 8.03. The minimum Gasteiger partial charge on any atom is -0.492 e. The second kappa shape index (κ2) is 16.0. The third kappa shape index (κ3) is 12.7. The summed E-state index contributed by atoms with van der Waals surface area (Å²) in [5.41, 5.74) is 1.92. The minimum atomic E-state index is -4.60. The van der Waals surface area contributed by atoms with Gasteiger partial charge in [-0.25, -0.2) is 9.59 Å². The quantitative estimate of drug-likeness (QED) is 0.283. The van der Waals surface area contributed by atoms with E-state index in [-0.39, 0.29) is 32.7 Å². The van der Waals surface area contributed by atoms with Crippen molar-refractivity contribution in [2.45, 2.75) is 37.8 Å². The summed E-state index contributed by atoms with van der Waals surface area (Å²) in [5, 5.41) is 9.20. The third-order valence-electron chi connectivity index (χ3n) is 5.06. The lowest BCUT2D eigenvalue weighted by molar-refractivity contribution is -0.162. The van der Waals surface area contributed by atoms with E-state index in [0.717, 1.165) is 17.1 Å². The molecule has 1 unspecified atom stereocenters. The first-order valence-electron chi connectivity index (χ1n) is 11.8. The number of ether oxygens (including phenoxy) is 3. The van der Waals surface area contributed by atoms with Gasteiger partial charge >= 0.3 is 18.2 Å². The van der Waals surface area contributed by atoms with Gasteiger partial charge < -0.3 is 24.2 Å². The zero-order valence-electron chi connectivity index (χ0n) is 20.6. The number of benzene rings is 2. The van der Waals surface area contributed by atoms with Crippen LogP contribution in [0.2, 0.25) is 0 Å². The van der Waals surface area contributed by atoms with Crippen LogP contribution in [0, 0.1) is 0 Å². The van der Waals surface area contributed by atoms with Crippen molar-refractivity contribution < 1.29 is 42.1 Å². The standard InChI is InChI=1S/C26H32F3NO6S/c1-2-34-23(24(31)32)17-20-9-11-22(12-10-20)35-15-14-30(25(33)36-19-26(27,28)29)13-6-16-37-18-21-7-4-3-5-8-21/h3-5,7-12,23H,2,6,13-19H2,1H3,(H,31,32). The third-order valence-corrected chi connectivity index (χ3v) is 6.18. The summed E-state index contributed by atoms with van der Waals surface area (Å²) in [7, 11) is 0. The highest BCUT2D eigenvalue weighted by Gasteiger charge is 2.30. The number of carbonyl (C=O) groups excluding carboxylic acids is 1. The van der Waals surface area contributed by atoms with Gasteiger partial charge in [-0.05, 0) is 42.4 Å². The molecule has 1 amide bonds. The first-order valence-corrected chi connectivity index (χ1v) is 13.0. The van der Waals surface area contributed by atoms with Crippen molar-refractivity contribution >= 4 is 23.8 Å². The molecule has 0 bridgehead atoms. The van der Waals surface area contributed by atoms with Crippen LogP contribution in [0.5, 0.6) is 5.75 Å². The van der Waals surface area contributed by atoms with Gasteiger partial charge in [0.2, 0.25) is 0 Å². The Labute approximate surface area is 218 Å². The molecule has 0 spiro atoms. The number of amides is 1. The van der Waals surface area contributed by atoms with E-state index in [4.69, 9.17) is 9.47 Å². The predicted molar refractivity (Wildman–Crippen MR) is 135 cm³/mol. The van der Waals surface area contributed by atoms with Gasteiger partial charge in [0.05, 0.1) is 6.54 Å². The van der Waals surface area contributed by atoms with Crippen LogP contribution in [0.15, 0.2) is 54.6 Å². The molecule has 0 saturated carbocycles. The normalized spacial score (nSPS) is 12.1. The Morgan fingerprint density at radius 2 is 1.73 bits per heavy atom. The van der Waals surface area contributed by atoms with Gasteiger partial charge in [0.1, 0.15) is 12.4 Å². The number of nitrogens with zero attached hydrogens (tertiary/aromatic N) is 1. The zero-order valence-corrected chi connectivity index (χ0v) is 21.4. The summed E-state index contributed by atoms with van der Waals surface area (Å²) in [5.74, 6) is 0.961. The topological polar surface area (TPSA) is 85.3 Å². The summed E-state index contributed by atoms with van der Waals surface area (Å²) < 4.78 is 52.8. The van der Waals surface area contributed by atoms with Crippen molar-refractivity contribution in [2.75, 3.05) is 38.7 Å². The summed E-state index contributed by atoms with van der Waals surface area (Å²) in [6.45, 7) is 0.688. The summed E-state index contributed by atoms with van der Waals surface area (Å²) >= 11 is 1.67. The molecule has 204 valence electrons. The van der Waals surface area contributed by atoms with Gasteiger partial charge in [0, 0.05) is 25.3 Å². The van der Waals surface area contributed by atoms with E-state index in [0.29, 0.717) is 12.2 Å². The maximum absolute atomic E-state index is 12.5. The van der Waals surface area contributed by atoms with Crippen LogP contribution in [-0.2, 0) is 26.4 Å². The van der Waals surface area contributed by atoms with Gasteiger partial charge in [0.25, 0.3) is 0 Å². The molecule has 0 aliphatic rings. The fourth-order valence-corrected chi connectivity index (χ4v) is 4.18. The maximum Gasteiger partial charge on any atom is 0.422 e. The molecule has 1 atom stereocenters. The predicted octanol–water partition coefficient (Wildman–Crippen LogP) is 5.42. The van der Waals surface area contributed by atoms with Crippen LogP contribution in [0.4, 0.5) is 18.0 Å². The van der Waals surface area contributed by atoms with Crippen LogP contribution in [0.3, 0.4) is 0 Å². The molecule has 1 N–H and O–H groups in total. The zero-order chi connectivity index (χ0) is 27.1. The van der Waals surface area contributed by atoms with Crippen molar-refractivity contribution in [2.24, 2.45) is 0 Å². The smallest absolute Gasteiger partial charge is 0.422 e. The maximum atomic E-state index is 12.5. The number of carboxylic acid groups (broad SMARTS) is 1. The number of alkyl halides is 3. The van der Waals surface area contributed by atoms with Crippen LogP contribution in [0.1, 0.15) is 24.5 Å². The molecule has 7 nitrogen and oxygen atoms in total. The van der Waals surface area contributed by atoms with Gasteiger partial charge in [-0.3, -0.25) is 0 Å². The van der Waals surface area contributed by atoms with E-state index in [1.165, 1.54) is 10.5 Å². The molecule has 0 saturated heterocycles.